The van der Waals surface area contributed by atoms with Gasteiger partial charge in [-0.3, -0.25) is 4.99 Å². The molecule has 0 atom stereocenters. The third-order valence-electron chi connectivity index (χ3n) is 5.11. The molecule has 0 aliphatic carbocycles. The van der Waals surface area contributed by atoms with E-state index in [0.29, 0.717) is 45.0 Å². The smallest absolute Gasteiger partial charge is 0.657 e. The van der Waals surface area contributed by atoms with Crippen LogP contribution in [0.15, 0.2) is 69.9 Å². The van der Waals surface area contributed by atoms with Crippen molar-refractivity contribution in [1.29, 1.82) is 0 Å². The van der Waals surface area contributed by atoms with Gasteiger partial charge in [-0.1, -0.05) is 30.3 Å². The maximum Gasteiger partial charge on any atom is 3.00 e. The molecular formula is C27H24MnN4O4+. The summed E-state index contributed by atoms with van der Waals surface area (Å²) in [6, 6.07) is 7.13. The van der Waals surface area contributed by atoms with Crippen LogP contribution in [0.5, 0.6) is 0 Å². The first kappa shape index (κ1) is 26.7. The zero-order valence-electron chi connectivity index (χ0n) is 20.1. The Morgan fingerprint density at radius 1 is 0.944 bits per heavy atom. The first-order chi connectivity index (χ1) is 17.0. The monoisotopic (exact) mass is 523 g/mol. The van der Waals surface area contributed by atoms with Gasteiger partial charge in [0.1, 0.15) is 0 Å². The molecule has 2 aliphatic rings. The molecule has 36 heavy (non-hydrogen) atoms. The number of rotatable bonds is 7. The van der Waals surface area contributed by atoms with Crippen molar-refractivity contribution in [3.05, 3.63) is 82.0 Å². The first-order valence-electron chi connectivity index (χ1n) is 11.3. The normalized spacial score (nSPS) is 17.8. The molecular weight excluding hydrogens is 499 g/mol. The average molecular weight is 523 g/mol. The van der Waals surface area contributed by atoms with Crippen LogP contribution in [0, 0.1) is 0 Å². The molecule has 0 unspecified atom stereocenters. The standard InChI is InChI=1S/C27H25N4O4.Mn/c1-4-17-9-12-22(29-17)25(27(33)35-6-3)23-14-11-19(31-23)16-18-10-13-21(30-18)24(26(32)34-5-2)20-8-7-15-28-20;/h4,7-16H,5-6H2,1-3H3,(H-,28,29,30,31,32,33);/q-1;+3/p-1/b17-4-;. The van der Waals surface area contributed by atoms with Gasteiger partial charge in [0, 0.05) is 6.21 Å². The topological polar surface area (TPSA) is 106 Å². The van der Waals surface area contributed by atoms with E-state index in [0.717, 1.165) is 5.35 Å². The molecule has 2 aromatic rings. The molecule has 8 nitrogen and oxygen atoms in total. The van der Waals surface area contributed by atoms with Gasteiger partial charge in [-0.25, -0.2) is 14.6 Å². The number of carbonyl (C=O) groups is 2. The van der Waals surface area contributed by atoms with Gasteiger partial charge in [-0.05, 0) is 45.1 Å². The second kappa shape index (κ2) is 12.2. The van der Waals surface area contributed by atoms with Gasteiger partial charge >= 0.3 is 29.0 Å². The fraction of sp³-hybridized carbons (Fsp3) is 0.185. The number of carbonyl (C=O) groups excluding carboxylic acids is 2. The fourth-order valence-corrected chi connectivity index (χ4v) is 3.56. The van der Waals surface area contributed by atoms with Crippen LogP contribution in [0.3, 0.4) is 0 Å². The van der Waals surface area contributed by atoms with Crippen LogP contribution in [0.25, 0.3) is 23.3 Å². The number of esters is 2. The van der Waals surface area contributed by atoms with Crippen molar-refractivity contribution in [2.45, 2.75) is 20.8 Å². The van der Waals surface area contributed by atoms with E-state index >= 15 is 0 Å². The van der Waals surface area contributed by atoms with Gasteiger partial charge in [0.15, 0.2) is 0 Å². The summed E-state index contributed by atoms with van der Waals surface area (Å²) >= 11 is 0. The Bertz CT molecular complexity index is 1450. The van der Waals surface area contributed by atoms with Crippen LogP contribution in [0.1, 0.15) is 32.2 Å². The van der Waals surface area contributed by atoms with E-state index < -0.39 is 11.9 Å². The Kier molecular flexibility index (Phi) is 9.00. The van der Waals surface area contributed by atoms with E-state index in [-0.39, 0.29) is 30.3 Å². The van der Waals surface area contributed by atoms with Crippen LogP contribution in [0.2, 0.25) is 0 Å². The summed E-state index contributed by atoms with van der Waals surface area (Å²) in [7, 11) is 0. The summed E-state index contributed by atoms with van der Waals surface area (Å²) in [5.74, 6) is -0.966. The van der Waals surface area contributed by atoms with Crippen molar-refractivity contribution in [3.63, 3.8) is 0 Å². The summed E-state index contributed by atoms with van der Waals surface area (Å²) in [5.41, 5.74) is 3.23. The van der Waals surface area contributed by atoms with Crippen LogP contribution in [0.4, 0.5) is 0 Å². The van der Waals surface area contributed by atoms with E-state index in [2.05, 4.69) is 20.0 Å². The second-order valence-electron chi connectivity index (χ2n) is 7.41. The van der Waals surface area contributed by atoms with Crippen LogP contribution >= 0.6 is 0 Å². The number of allylic oxidation sites excluding steroid dienone is 4. The SMILES string of the molecule is C/C=c1/cc/c(=C(\C(=O)OCC)C2=N/C(=C\c3ccc(/C(C(=O)OCC)=C4/C=CC=N4)[n-]3)C=C2)[n-]1.[Mn+3]. The summed E-state index contributed by atoms with van der Waals surface area (Å²) in [4.78, 5) is 43.1. The summed E-state index contributed by atoms with van der Waals surface area (Å²) < 4.78 is 10.4. The van der Waals surface area contributed by atoms with Gasteiger partial charge in [0.25, 0.3) is 0 Å². The van der Waals surface area contributed by atoms with Gasteiger partial charge in [0.2, 0.25) is 0 Å². The molecule has 9 heteroatoms. The fourth-order valence-electron chi connectivity index (χ4n) is 3.56. The Balaban J connectivity index is 0.00000361. The molecule has 0 fully saturated rings. The van der Waals surface area contributed by atoms with Crippen LogP contribution in [-0.2, 0) is 36.1 Å². The Morgan fingerprint density at radius 2 is 1.69 bits per heavy atom. The Hall–Kier alpha value is -3.94. The zero-order chi connectivity index (χ0) is 24.8. The van der Waals surface area contributed by atoms with Gasteiger partial charge in [-0.15, -0.1) is 28.2 Å². The minimum Gasteiger partial charge on any atom is -0.657 e. The predicted molar refractivity (Wildman–Crippen MR) is 135 cm³/mol. The Morgan fingerprint density at radius 3 is 2.33 bits per heavy atom. The van der Waals surface area contributed by atoms with E-state index in [1.807, 2.05) is 19.1 Å². The van der Waals surface area contributed by atoms with E-state index in [1.54, 1.807) is 68.6 Å². The number of ether oxygens (including phenoxy) is 2. The summed E-state index contributed by atoms with van der Waals surface area (Å²) in [5, 5.41) is 1.27. The van der Waals surface area contributed by atoms with Crippen molar-refractivity contribution >= 4 is 47.2 Å². The maximum absolute atomic E-state index is 12.7. The first-order valence-corrected chi connectivity index (χ1v) is 11.3. The molecule has 2 aromatic heterocycles. The summed E-state index contributed by atoms with van der Waals surface area (Å²) in [6.45, 7) is 5.87. The molecule has 0 saturated carbocycles. The minimum atomic E-state index is -0.484. The largest absolute Gasteiger partial charge is 3.00 e. The number of hydrogen-bond donors (Lipinski definition) is 0. The minimum absolute atomic E-state index is 0. The van der Waals surface area contributed by atoms with Gasteiger partial charge in [0.05, 0.1) is 41.5 Å². The van der Waals surface area contributed by atoms with Crippen LogP contribution in [-0.4, -0.2) is 37.1 Å². The van der Waals surface area contributed by atoms with Gasteiger partial charge < -0.3 is 19.4 Å². The van der Waals surface area contributed by atoms with Crippen molar-refractivity contribution < 1.29 is 36.1 Å². The molecule has 2 aliphatic heterocycles. The predicted octanol–water partition coefficient (Wildman–Crippen LogP) is 2.08. The molecule has 0 N–H and O–H groups in total. The number of nitrogens with zero attached hydrogens (tertiary/aromatic N) is 4. The van der Waals surface area contributed by atoms with E-state index in [9.17, 15) is 9.59 Å². The summed E-state index contributed by atoms with van der Waals surface area (Å²) in [6.07, 6.45) is 12.3. The number of aromatic nitrogens is 2. The molecule has 4 heterocycles. The number of aliphatic imine (C=N–C) groups is 2. The molecule has 0 saturated heterocycles. The van der Waals surface area contributed by atoms with E-state index in [4.69, 9.17) is 9.47 Å². The molecule has 0 amide bonds. The third-order valence-corrected chi connectivity index (χ3v) is 5.11. The van der Waals surface area contributed by atoms with Crippen molar-refractivity contribution in [2.24, 2.45) is 9.98 Å². The van der Waals surface area contributed by atoms with Gasteiger partial charge in [-0.2, -0.15) is 0 Å². The van der Waals surface area contributed by atoms with Crippen molar-refractivity contribution in [3.8, 4) is 0 Å². The number of hydrogen-bond acceptors (Lipinski definition) is 6. The molecule has 4 rings (SSSR count). The molecule has 0 aromatic carbocycles. The molecule has 0 radical (unpaired) electrons. The molecule has 0 bridgehead atoms. The molecule has 182 valence electrons. The average Bonchev–Trinajstić information content (AvgIpc) is 3.64. The quantitative estimate of drug-likeness (QED) is 0.313. The zero-order valence-corrected chi connectivity index (χ0v) is 21.2. The van der Waals surface area contributed by atoms with Crippen molar-refractivity contribution in [2.75, 3.05) is 13.2 Å². The molecule has 0 spiro atoms. The third kappa shape index (κ3) is 5.82. The Labute approximate surface area is 219 Å². The van der Waals surface area contributed by atoms with Crippen molar-refractivity contribution in [1.82, 2.24) is 9.97 Å². The van der Waals surface area contributed by atoms with E-state index in [1.165, 1.54) is 0 Å². The van der Waals surface area contributed by atoms with Crippen LogP contribution < -0.4 is 20.7 Å². The maximum atomic E-state index is 12.7. The second-order valence-corrected chi connectivity index (χ2v) is 7.41.